The molecule has 1 unspecified atom stereocenters. The van der Waals surface area contributed by atoms with Crippen molar-refractivity contribution in [2.75, 3.05) is 0 Å². The summed E-state index contributed by atoms with van der Waals surface area (Å²) >= 11 is 6.30. The molecule has 1 heterocycles. The summed E-state index contributed by atoms with van der Waals surface area (Å²) in [5.41, 5.74) is 1.44. The topological polar surface area (TPSA) is 12.0 Å². The molecule has 0 bridgehead atoms. The standard InChI is InChI=1S/C14H20ClN/c1-13(2)9-6-10-14(3,16-13)11-7-4-5-8-12(11)15/h4-5,7-8,16H,6,9-10H2,1-3H3. The number of rotatable bonds is 1. The molecular weight excluding hydrogens is 218 g/mol. The van der Waals surface area contributed by atoms with Crippen LogP contribution in [0.2, 0.25) is 5.02 Å². The van der Waals surface area contributed by atoms with Gasteiger partial charge >= 0.3 is 0 Å². The van der Waals surface area contributed by atoms with Crippen LogP contribution in [0.1, 0.15) is 45.6 Å². The lowest BCUT2D eigenvalue weighted by molar-refractivity contribution is 0.168. The molecule has 1 saturated heterocycles. The van der Waals surface area contributed by atoms with Crippen molar-refractivity contribution in [1.29, 1.82) is 0 Å². The van der Waals surface area contributed by atoms with Crippen LogP contribution in [0.25, 0.3) is 0 Å². The molecule has 2 heteroatoms. The second-order valence-electron chi connectivity index (χ2n) is 5.67. The molecular formula is C14H20ClN. The zero-order valence-corrected chi connectivity index (χ0v) is 11.1. The molecule has 0 spiro atoms. The van der Waals surface area contributed by atoms with E-state index in [9.17, 15) is 0 Å². The van der Waals surface area contributed by atoms with Crippen LogP contribution in [0.15, 0.2) is 24.3 Å². The highest BCUT2D eigenvalue weighted by molar-refractivity contribution is 6.31. The molecule has 0 radical (unpaired) electrons. The Morgan fingerprint density at radius 1 is 1.12 bits per heavy atom. The summed E-state index contributed by atoms with van der Waals surface area (Å²) in [4.78, 5) is 0. The highest BCUT2D eigenvalue weighted by atomic mass is 35.5. The monoisotopic (exact) mass is 237 g/mol. The van der Waals surface area contributed by atoms with Gasteiger partial charge in [0.25, 0.3) is 0 Å². The first kappa shape index (κ1) is 11.9. The summed E-state index contributed by atoms with van der Waals surface area (Å²) in [6.45, 7) is 6.79. The average Bonchev–Trinajstić information content (AvgIpc) is 2.16. The fourth-order valence-corrected chi connectivity index (χ4v) is 3.21. The summed E-state index contributed by atoms with van der Waals surface area (Å²) in [6.07, 6.45) is 3.63. The van der Waals surface area contributed by atoms with E-state index >= 15 is 0 Å². The zero-order valence-electron chi connectivity index (χ0n) is 10.3. The van der Waals surface area contributed by atoms with Crippen molar-refractivity contribution >= 4 is 11.6 Å². The summed E-state index contributed by atoms with van der Waals surface area (Å²) in [7, 11) is 0. The Bertz CT molecular complexity index is 386. The fourth-order valence-electron chi connectivity index (χ4n) is 2.87. The molecule has 88 valence electrons. The first-order chi connectivity index (χ1) is 7.43. The summed E-state index contributed by atoms with van der Waals surface area (Å²) in [6, 6.07) is 8.17. The van der Waals surface area contributed by atoms with Crippen molar-refractivity contribution in [3.63, 3.8) is 0 Å². The predicted octanol–water partition coefficient (Wildman–Crippen LogP) is 4.11. The van der Waals surface area contributed by atoms with Gasteiger partial charge in [-0.25, -0.2) is 0 Å². The van der Waals surface area contributed by atoms with E-state index in [1.165, 1.54) is 18.4 Å². The van der Waals surface area contributed by atoms with E-state index < -0.39 is 0 Å². The molecule has 1 fully saturated rings. The predicted molar refractivity (Wildman–Crippen MR) is 69.9 cm³/mol. The molecule has 1 aliphatic rings. The van der Waals surface area contributed by atoms with Gasteiger partial charge in [-0.05, 0) is 51.7 Å². The fraction of sp³-hybridized carbons (Fsp3) is 0.571. The Kier molecular flexibility index (Phi) is 3.02. The quantitative estimate of drug-likeness (QED) is 0.775. The molecule has 0 aliphatic carbocycles. The Morgan fingerprint density at radius 3 is 2.44 bits per heavy atom. The second kappa shape index (κ2) is 4.05. The zero-order chi connectivity index (χ0) is 11.8. The van der Waals surface area contributed by atoms with Crippen LogP contribution in [-0.2, 0) is 5.54 Å². The molecule has 0 aromatic heterocycles. The number of halogens is 1. The first-order valence-corrected chi connectivity index (χ1v) is 6.35. The molecule has 2 rings (SSSR count). The minimum absolute atomic E-state index is 0.0140. The Labute approximate surface area is 103 Å². The van der Waals surface area contributed by atoms with Gasteiger partial charge in [0, 0.05) is 16.1 Å². The lowest BCUT2D eigenvalue weighted by Gasteiger charge is -2.45. The number of hydrogen-bond donors (Lipinski definition) is 1. The van der Waals surface area contributed by atoms with E-state index in [-0.39, 0.29) is 11.1 Å². The van der Waals surface area contributed by atoms with E-state index in [4.69, 9.17) is 11.6 Å². The smallest absolute Gasteiger partial charge is 0.0456 e. The van der Waals surface area contributed by atoms with Gasteiger partial charge in [0.15, 0.2) is 0 Å². The number of piperidine rings is 1. The van der Waals surface area contributed by atoms with E-state index in [2.05, 4.69) is 38.2 Å². The van der Waals surface area contributed by atoms with Crippen molar-refractivity contribution in [1.82, 2.24) is 5.32 Å². The van der Waals surface area contributed by atoms with Crippen molar-refractivity contribution in [3.05, 3.63) is 34.9 Å². The highest BCUT2D eigenvalue weighted by Gasteiger charge is 2.37. The van der Waals surface area contributed by atoms with E-state index in [1.807, 2.05) is 12.1 Å². The van der Waals surface area contributed by atoms with Gasteiger partial charge in [-0.1, -0.05) is 29.8 Å². The van der Waals surface area contributed by atoms with Crippen molar-refractivity contribution in [2.45, 2.75) is 51.1 Å². The lowest BCUT2D eigenvalue weighted by atomic mass is 9.78. The van der Waals surface area contributed by atoms with Crippen LogP contribution in [0.5, 0.6) is 0 Å². The third kappa shape index (κ3) is 2.26. The summed E-state index contributed by atoms with van der Waals surface area (Å²) < 4.78 is 0. The molecule has 0 saturated carbocycles. The van der Waals surface area contributed by atoms with Crippen molar-refractivity contribution < 1.29 is 0 Å². The van der Waals surface area contributed by atoms with E-state index in [1.54, 1.807) is 0 Å². The van der Waals surface area contributed by atoms with Gasteiger partial charge in [-0.15, -0.1) is 0 Å². The van der Waals surface area contributed by atoms with Crippen molar-refractivity contribution in [3.8, 4) is 0 Å². The van der Waals surface area contributed by atoms with Gasteiger partial charge in [-0.2, -0.15) is 0 Å². The van der Waals surface area contributed by atoms with Crippen LogP contribution < -0.4 is 5.32 Å². The van der Waals surface area contributed by atoms with Crippen LogP contribution in [0.3, 0.4) is 0 Å². The van der Waals surface area contributed by atoms with E-state index in [0.29, 0.717) is 0 Å². The minimum Gasteiger partial charge on any atom is -0.303 e. The Hall–Kier alpha value is -0.530. The van der Waals surface area contributed by atoms with Gasteiger partial charge in [0.1, 0.15) is 0 Å². The van der Waals surface area contributed by atoms with Gasteiger partial charge in [0.05, 0.1) is 0 Å². The molecule has 1 atom stereocenters. The molecule has 0 amide bonds. The molecule has 16 heavy (non-hydrogen) atoms. The molecule has 1 aliphatic heterocycles. The number of nitrogens with one attached hydrogen (secondary N) is 1. The number of benzene rings is 1. The third-order valence-electron chi connectivity index (χ3n) is 3.56. The summed E-state index contributed by atoms with van der Waals surface area (Å²) in [5.74, 6) is 0. The molecule has 1 aromatic carbocycles. The maximum atomic E-state index is 6.30. The lowest BCUT2D eigenvalue weighted by Crippen LogP contribution is -2.55. The van der Waals surface area contributed by atoms with E-state index in [0.717, 1.165) is 11.4 Å². The number of hydrogen-bond acceptors (Lipinski definition) is 1. The molecule has 1 nitrogen and oxygen atoms in total. The van der Waals surface area contributed by atoms with Crippen LogP contribution in [0.4, 0.5) is 0 Å². The maximum absolute atomic E-state index is 6.30. The SMILES string of the molecule is CC1(C)CCCC(C)(c2ccccc2Cl)N1. The molecule has 1 N–H and O–H groups in total. The highest BCUT2D eigenvalue weighted by Crippen LogP contribution is 2.38. The van der Waals surface area contributed by atoms with Crippen molar-refractivity contribution in [2.24, 2.45) is 0 Å². The second-order valence-corrected chi connectivity index (χ2v) is 6.08. The molecule has 1 aromatic rings. The van der Waals surface area contributed by atoms with Crippen LogP contribution in [-0.4, -0.2) is 5.54 Å². The van der Waals surface area contributed by atoms with Crippen LogP contribution in [0, 0.1) is 0 Å². The largest absolute Gasteiger partial charge is 0.303 e. The van der Waals surface area contributed by atoms with Gasteiger partial charge < -0.3 is 5.32 Å². The normalized spacial score (nSPS) is 29.0. The Balaban J connectivity index is 2.35. The van der Waals surface area contributed by atoms with Crippen LogP contribution >= 0.6 is 11.6 Å². The van der Waals surface area contributed by atoms with Gasteiger partial charge in [0.2, 0.25) is 0 Å². The first-order valence-electron chi connectivity index (χ1n) is 5.97. The van der Waals surface area contributed by atoms with Gasteiger partial charge in [-0.3, -0.25) is 0 Å². The third-order valence-corrected chi connectivity index (χ3v) is 3.89. The minimum atomic E-state index is 0.0140. The Morgan fingerprint density at radius 2 is 1.81 bits per heavy atom. The average molecular weight is 238 g/mol. The summed E-state index contributed by atoms with van der Waals surface area (Å²) in [5, 5.41) is 4.61. The maximum Gasteiger partial charge on any atom is 0.0456 e.